The van der Waals surface area contributed by atoms with E-state index in [1.165, 1.54) is 6.33 Å². The fourth-order valence-electron chi connectivity index (χ4n) is 3.29. The van der Waals surface area contributed by atoms with Crippen molar-refractivity contribution in [1.82, 2.24) is 9.97 Å². The van der Waals surface area contributed by atoms with Gasteiger partial charge in [0, 0.05) is 32.2 Å². The Labute approximate surface area is 124 Å². The lowest BCUT2D eigenvalue weighted by Crippen LogP contribution is -2.68. The Morgan fingerprint density at radius 2 is 2.14 bits per heavy atom. The number of methoxy groups -OCH3 is 2. The molecule has 1 aromatic heterocycles. The summed E-state index contributed by atoms with van der Waals surface area (Å²) in [7, 11) is 0.0827. The fourth-order valence-corrected chi connectivity index (χ4v) is 5.69. The van der Waals surface area contributed by atoms with Gasteiger partial charge in [-0.15, -0.1) is 0 Å². The molecule has 116 valence electrons. The van der Waals surface area contributed by atoms with Crippen LogP contribution in [0.3, 0.4) is 0 Å². The lowest BCUT2D eigenvalue weighted by atomic mass is 9.83. The second kappa shape index (κ2) is 5.10. The number of rotatable bonds is 4. The van der Waals surface area contributed by atoms with Crippen molar-refractivity contribution in [3.63, 3.8) is 0 Å². The monoisotopic (exact) mass is 313 g/mol. The van der Waals surface area contributed by atoms with Crippen molar-refractivity contribution in [2.75, 3.05) is 44.6 Å². The molecule has 7 nitrogen and oxygen atoms in total. The Morgan fingerprint density at radius 3 is 2.81 bits per heavy atom. The number of aromatic nitrogens is 2. The molecule has 21 heavy (non-hydrogen) atoms. The lowest BCUT2D eigenvalue weighted by Gasteiger charge is -2.50. The lowest BCUT2D eigenvalue weighted by molar-refractivity contribution is 0.123. The van der Waals surface area contributed by atoms with Gasteiger partial charge < -0.3 is 14.4 Å². The second-order valence-corrected chi connectivity index (χ2v) is 8.05. The van der Waals surface area contributed by atoms with E-state index in [1.54, 1.807) is 20.3 Å². The maximum atomic E-state index is 12.4. The molecule has 2 fully saturated rings. The van der Waals surface area contributed by atoms with Crippen LogP contribution in [0.25, 0.3) is 0 Å². The zero-order valence-electron chi connectivity index (χ0n) is 12.2. The van der Waals surface area contributed by atoms with E-state index in [0.29, 0.717) is 37.8 Å². The molecule has 0 aliphatic carbocycles. The van der Waals surface area contributed by atoms with Gasteiger partial charge in [0.15, 0.2) is 9.84 Å². The highest BCUT2D eigenvalue weighted by molar-refractivity contribution is 7.93. The number of nitrogens with zero attached hydrogens (tertiary/aromatic N) is 3. The summed E-state index contributed by atoms with van der Waals surface area (Å²) >= 11 is 0. The maximum absolute atomic E-state index is 12.4. The van der Waals surface area contributed by atoms with Crippen LogP contribution in [0.1, 0.15) is 6.42 Å². The summed E-state index contributed by atoms with van der Waals surface area (Å²) in [6.45, 7) is 1.41. The average Bonchev–Trinajstić information content (AvgIpc) is 2.69. The molecule has 0 bridgehead atoms. The summed E-state index contributed by atoms with van der Waals surface area (Å²) in [5.74, 6) is 1.49. The van der Waals surface area contributed by atoms with Crippen LogP contribution in [0.2, 0.25) is 0 Å². The van der Waals surface area contributed by atoms with Crippen LogP contribution in [-0.2, 0) is 14.6 Å². The van der Waals surface area contributed by atoms with E-state index in [9.17, 15) is 8.42 Å². The van der Waals surface area contributed by atoms with Gasteiger partial charge in [-0.25, -0.2) is 18.4 Å². The predicted molar refractivity (Wildman–Crippen MR) is 77.3 cm³/mol. The quantitative estimate of drug-likeness (QED) is 0.781. The molecule has 0 N–H and O–H groups in total. The zero-order valence-corrected chi connectivity index (χ0v) is 13.0. The van der Waals surface area contributed by atoms with Crippen LogP contribution in [0.4, 0.5) is 5.82 Å². The molecule has 1 atom stereocenters. The Morgan fingerprint density at radius 1 is 1.38 bits per heavy atom. The fraction of sp³-hybridized carbons (Fsp3) is 0.692. The van der Waals surface area contributed by atoms with Gasteiger partial charge in [0.1, 0.15) is 16.9 Å². The minimum Gasteiger partial charge on any atom is -0.481 e. The van der Waals surface area contributed by atoms with Gasteiger partial charge in [-0.1, -0.05) is 0 Å². The van der Waals surface area contributed by atoms with Crippen LogP contribution >= 0.6 is 0 Å². The van der Waals surface area contributed by atoms with Crippen molar-refractivity contribution in [1.29, 1.82) is 0 Å². The molecule has 2 saturated heterocycles. The first kappa shape index (κ1) is 14.5. The molecule has 2 aliphatic heterocycles. The summed E-state index contributed by atoms with van der Waals surface area (Å²) in [6, 6.07) is 1.72. The van der Waals surface area contributed by atoms with E-state index in [0.717, 1.165) is 0 Å². The highest BCUT2D eigenvalue weighted by Gasteiger charge is 2.61. The van der Waals surface area contributed by atoms with Gasteiger partial charge in [-0.3, -0.25) is 0 Å². The third-order valence-electron chi connectivity index (χ3n) is 4.54. The Bertz CT molecular complexity index is 628. The van der Waals surface area contributed by atoms with E-state index >= 15 is 0 Å². The molecular formula is C13H19N3O4S. The van der Waals surface area contributed by atoms with Crippen molar-refractivity contribution in [2.24, 2.45) is 5.92 Å². The number of sulfone groups is 1. The van der Waals surface area contributed by atoms with E-state index < -0.39 is 14.6 Å². The van der Waals surface area contributed by atoms with E-state index in [1.807, 2.05) is 4.90 Å². The van der Waals surface area contributed by atoms with Crippen LogP contribution in [0, 0.1) is 5.92 Å². The molecule has 1 aromatic rings. The molecule has 0 unspecified atom stereocenters. The second-order valence-electron chi connectivity index (χ2n) is 5.60. The molecular weight excluding hydrogens is 294 g/mol. The van der Waals surface area contributed by atoms with Crippen molar-refractivity contribution in [2.45, 2.75) is 11.2 Å². The Hall–Kier alpha value is -1.41. The number of ether oxygens (including phenoxy) is 2. The molecule has 0 amide bonds. The minimum absolute atomic E-state index is 0.0625. The summed E-state index contributed by atoms with van der Waals surface area (Å²) in [6.07, 6.45) is 2.10. The van der Waals surface area contributed by atoms with Gasteiger partial charge in [-0.05, 0) is 6.42 Å². The smallest absolute Gasteiger partial charge is 0.218 e. The van der Waals surface area contributed by atoms with Crippen molar-refractivity contribution in [3.05, 3.63) is 12.4 Å². The summed E-state index contributed by atoms with van der Waals surface area (Å²) in [4.78, 5) is 10.1. The van der Waals surface area contributed by atoms with E-state index in [-0.39, 0.29) is 11.7 Å². The molecule has 0 radical (unpaired) electrons. The number of hydrogen-bond acceptors (Lipinski definition) is 7. The zero-order chi connectivity index (χ0) is 15.1. The predicted octanol–water partition coefficient (Wildman–Crippen LogP) is 0.125. The van der Waals surface area contributed by atoms with Crippen molar-refractivity contribution < 1.29 is 17.9 Å². The SMILES string of the molecule is COC[C@@H]1CCS(=O)(=O)C12CN(c1cc(OC)ncn1)C2. The molecule has 8 heteroatoms. The molecule has 1 spiro atoms. The van der Waals surface area contributed by atoms with Gasteiger partial charge in [0.2, 0.25) is 5.88 Å². The van der Waals surface area contributed by atoms with Crippen LogP contribution in [-0.4, -0.2) is 62.8 Å². The normalized spacial score (nSPS) is 25.8. The summed E-state index contributed by atoms with van der Waals surface area (Å²) < 4.78 is 34.4. The summed E-state index contributed by atoms with van der Waals surface area (Å²) in [5, 5.41) is 0. The van der Waals surface area contributed by atoms with Crippen molar-refractivity contribution in [3.8, 4) is 5.88 Å². The highest BCUT2D eigenvalue weighted by Crippen LogP contribution is 2.45. The molecule has 0 aromatic carbocycles. The van der Waals surface area contributed by atoms with Crippen LogP contribution in [0.5, 0.6) is 5.88 Å². The van der Waals surface area contributed by atoms with Crippen molar-refractivity contribution >= 4 is 15.7 Å². The van der Waals surface area contributed by atoms with Gasteiger partial charge >= 0.3 is 0 Å². The average molecular weight is 313 g/mol. The van der Waals surface area contributed by atoms with Gasteiger partial charge in [-0.2, -0.15) is 0 Å². The van der Waals surface area contributed by atoms with E-state index in [2.05, 4.69) is 9.97 Å². The molecule has 3 rings (SSSR count). The van der Waals surface area contributed by atoms with Crippen LogP contribution < -0.4 is 9.64 Å². The largest absolute Gasteiger partial charge is 0.481 e. The number of anilines is 1. The van der Waals surface area contributed by atoms with Gasteiger partial charge in [0.05, 0.1) is 19.5 Å². The first-order valence-electron chi connectivity index (χ1n) is 6.84. The minimum atomic E-state index is -3.07. The van der Waals surface area contributed by atoms with Crippen LogP contribution in [0.15, 0.2) is 12.4 Å². The molecule has 2 aliphatic rings. The standard InChI is InChI=1S/C13H19N3O4S/c1-19-6-10-3-4-21(17,18)13(10)7-16(8-13)11-5-12(20-2)15-9-14-11/h5,9-10H,3-4,6-8H2,1-2H3/t10-/m0/s1. The maximum Gasteiger partial charge on any atom is 0.218 e. The third kappa shape index (κ3) is 2.17. The van der Waals surface area contributed by atoms with Gasteiger partial charge in [0.25, 0.3) is 0 Å². The summed E-state index contributed by atoms with van der Waals surface area (Å²) in [5.41, 5.74) is 0. The molecule has 0 saturated carbocycles. The topological polar surface area (TPSA) is 81.6 Å². The first-order chi connectivity index (χ1) is 10.0. The molecule has 3 heterocycles. The highest BCUT2D eigenvalue weighted by atomic mass is 32.2. The Balaban J connectivity index is 1.81. The Kier molecular flexibility index (Phi) is 3.53. The third-order valence-corrected chi connectivity index (χ3v) is 7.15. The van der Waals surface area contributed by atoms with E-state index in [4.69, 9.17) is 9.47 Å². The first-order valence-corrected chi connectivity index (χ1v) is 8.50. The number of hydrogen-bond donors (Lipinski definition) is 0.